The number of benzene rings is 1. The van der Waals surface area contributed by atoms with Gasteiger partial charge in [0.05, 0.1) is 24.4 Å². The number of nitrogens with two attached hydrogens (primary N) is 1. The molecule has 0 saturated carbocycles. The Morgan fingerprint density at radius 2 is 2.12 bits per heavy atom. The Balaban J connectivity index is 2.62. The van der Waals surface area contributed by atoms with Crippen molar-refractivity contribution in [3.05, 3.63) is 23.8 Å². The molecule has 1 aromatic carbocycles. The number of anilines is 2. The van der Waals surface area contributed by atoms with Crippen LogP contribution in [0.3, 0.4) is 0 Å². The number of nitrogens with one attached hydrogen (secondary N) is 1. The molecule has 4 nitrogen and oxygen atoms in total. The Labute approximate surface area is 97.8 Å². The number of amides is 1. The van der Waals surface area contributed by atoms with Gasteiger partial charge in [-0.2, -0.15) is 0 Å². The molecule has 0 unspecified atom stereocenters. The highest BCUT2D eigenvalue weighted by Crippen LogP contribution is 2.21. The lowest BCUT2D eigenvalue weighted by molar-refractivity contribution is -0.117. The smallest absolute Gasteiger partial charge is 0.226 e. The van der Waals surface area contributed by atoms with Gasteiger partial charge in [-0.05, 0) is 13.0 Å². The molecule has 1 rings (SSSR count). The molecule has 0 heterocycles. The molecular weight excluding hydrogens is 230 g/mol. The third-order valence-electron chi connectivity index (χ3n) is 2.04. The number of carbonyl (C=O) groups excluding carboxylic acids is 1. The maximum Gasteiger partial charge on any atom is 0.226 e. The van der Waals surface area contributed by atoms with Crippen LogP contribution in [-0.2, 0) is 9.53 Å². The van der Waals surface area contributed by atoms with Gasteiger partial charge in [-0.15, -0.1) is 0 Å². The van der Waals surface area contributed by atoms with Crippen LogP contribution in [-0.4, -0.2) is 19.1 Å². The summed E-state index contributed by atoms with van der Waals surface area (Å²) in [4.78, 5) is 11.3. The zero-order valence-corrected chi connectivity index (χ0v) is 9.43. The second-order valence-corrected chi connectivity index (χ2v) is 3.35. The van der Waals surface area contributed by atoms with Crippen molar-refractivity contribution in [1.82, 2.24) is 0 Å². The second-order valence-electron chi connectivity index (χ2n) is 3.35. The summed E-state index contributed by atoms with van der Waals surface area (Å²) in [5.41, 5.74) is 4.92. The third-order valence-corrected chi connectivity index (χ3v) is 2.04. The van der Waals surface area contributed by atoms with E-state index in [1.54, 1.807) is 6.92 Å². The van der Waals surface area contributed by atoms with Gasteiger partial charge in [0, 0.05) is 12.7 Å². The standard InChI is InChI=1S/C11H14F2N2O2/c1-2-17-4-3-11(16)15-10-6-9(14)7(12)5-8(10)13/h5-6H,2-4,14H2,1H3,(H,15,16). The van der Waals surface area contributed by atoms with Crippen molar-refractivity contribution in [3.8, 4) is 0 Å². The van der Waals surface area contributed by atoms with Gasteiger partial charge in [0.2, 0.25) is 5.91 Å². The van der Waals surface area contributed by atoms with E-state index in [2.05, 4.69) is 5.32 Å². The van der Waals surface area contributed by atoms with E-state index < -0.39 is 17.5 Å². The van der Waals surface area contributed by atoms with Crippen LogP contribution in [0.5, 0.6) is 0 Å². The molecule has 0 aliphatic carbocycles. The zero-order valence-electron chi connectivity index (χ0n) is 9.43. The molecule has 17 heavy (non-hydrogen) atoms. The van der Waals surface area contributed by atoms with E-state index in [1.165, 1.54) is 0 Å². The molecule has 0 fully saturated rings. The van der Waals surface area contributed by atoms with Gasteiger partial charge < -0.3 is 15.8 Å². The third kappa shape index (κ3) is 3.99. The predicted octanol–water partition coefficient (Wildman–Crippen LogP) is 1.91. The average Bonchev–Trinajstić information content (AvgIpc) is 2.26. The number of hydrogen-bond acceptors (Lipinski definition) is 3. The first-order chi connectivity index (χ1) is 8.04. The van der Waals surface area contributed by atoms with Crippen LogP contribution in [0.2, 0.25) is 0 Å². The van der Waals surface area contributed by atoms with Crippen LogP contribution in [0.4, 0.5) is 20.2 Å². The Morgan fingerprint density at radius 3 is 2.76 bits per heavy atom. The minimum atomic E-state index is -0.860. The van der Waals surface area contributed by atoms with Crippen molar-refractivity contribution in [2.45, 2.75) is 13.3 Å². The molecule has 0 spiro atoms. The highest BCUT2D eigenvalue weighted by atomic mass is 19.1. The van der Waals surface area contributed by atoms with Crippen molar-refractivity contribution in [2.24, 2.45) is 0 Å². The van der Waals surface area contributed by atoms with E-state index in [0.29, 0.717) is 12.7 Å². The molecule has 94 valence electrons. The molecule has 0 bridgehead atoms. The summed E-state index contributed by atoms with van der Waals surface area (Å²) < 4.78 is 31.1. The lowest BCUT2D eigenvalue weighted by Gasteiger charge is -2.08. The topological polar surface area (TPSA) is 64.3 Å². The van der Waals surface area contributed by atoms with Crippen LogP contribution in [0.1, 0.15) is 13.3 Å². The Hall–Kier alpha value is -1.69. The summed E-state index contributed by atoms with van der Waals surface area (Å²) in [6, 6.07) is 1.68. The largest absolute Gasteiger partial charge is 0.396 e. The first-order valence-corrected chi connectivity index (χ1v) is 5.16. The van der Waals surface area contributed by atoms with E-state index in [4.69, 9.17) is 10.5 Å². The van der Waals surface area contributed by atoms with Gasteiger partial charge >= 0.3 is 0 Å². The SMILES string of the molecule is CCOCCC(=O)Nc1cc(N)c(F)cc1F. The predicted molar refractivity (Wildman–Crippen MR) is 60.5 cm³/mol. The van der Waals surface area contributed by atoms with E-state index in [0.717, 1.165) is 6.07 Å². The normalized spacial score (nSPS) is 10.3. The molecule has 0 aliphatic heterocycles. The number of carbonyl (C=O) groups is 1. The maximum absolute atomic E-state index is 13.2. The minimum absolute atomic E-state index is 0.102. The second kappa shape index (κ2) is 6.15. The summed E-state index contributed by atoms with van der Waals surface area (Å²) in [5, 5.41) is 2.30. The highest BCUT2D eigenvalue weighted by Gasteiger charge is 2.10. The van der Waals surface area contributed by atoms with E-state index in [-0.39, 0.29) is 24.4 Å². The van der Waals surface area contributed by atoms with Crippen LogP contribution in [0, 0.1) is 11.6 Å². The lowest BCUT2D eigenvalue weighted by atomic mass is 10.2. The average molecular weight is 244 g/mol. The number of hydrogen-bond donors (Lipinski definition) is 2. The van der Waals surface area contributed by atoms with Crippen LogP contribution in [0.25, 0.3) is 0 Å². The van der Waals surface area contributed by atoms with Gasteiger partial charge in [0.15, 0.2) is 0 Å². The van der Waals surface area contributed by atoms with Crippen molar-refractivity contribution >= 4 is 17.3 Å². The van der Waals surface area contributed by atoms with Crippen molar-refractivity contribution in [3.63, 3.8) is 0 Å². The molecular formula is C11H14F2N2O2. The summed E-state index contributed by atoms with van der Waals surface area (Å²) in [6.45, 7) is 2.56. The van der Waals surface area contributed by atoms with Gasteiger partial charge in [0.1, 0.15) is 11.6 Å². The molecule has 1 amide bonds. The number of rotatable bonds is 5. The maximum atomic E-state index is 13.2. The fourth-order valence-electron chi connectivity index (χ4n) is 1.18. The quantitative estimate of drug-likeness (QED) is 0.614. The minimum Gasteiger partial charge on any atom is -0.396 e. The molecule has 1 aromatic rings. The first-order valence-electron chi connectivity index (χ1n) is 5.16. The molecule has 0 aromatic heterocycles. The monoisotopic (exact) mass is 244 g/mol. The highest BCUT2D eigenvalue weighted by molar-refractivity contribution is 5.91. The molecule has 3 N–H and O–H groups in total. The van der Waals surface area contributed by atoms with Crippen LogP contribution in [0.15, 0.2) is 12.1 Å². The number of ether oxygens (including phenoxy) is 1. The van der Waals surface area contributed by atoms with Gasteiger partial charge in [-0.25, -0.2) is 8.78 Å². The van der Waals surface area contributed by atoms with Crippen molar-refractivity contribution < 1.29 is 18.3 Å². The van der Waals surface area contributed by atoms with Crippen molar-refractivity contribution in [2.75, 3.05) is 24.3 Å². The molecule has 0 radical (unpaired) electrons. The number of halogens is 2. The Morgan fingerprint density at radius 1 is 1.41 bits per heavy atom. The van der Waals surface area contributed by atoms with Gasteiger partial charge in [-0.3, -0.25) is 4.79 Å². The Bertz CT molecular complexity index is 411. The lowest BCUT2D eigenvalue weighted by Crippen LogP contribution is -2.15. The zero-order chi connectivity index (χ0) is 12.8. The Kier molecular flexibility index (Phi) is 4.84. The first kappa shape index (κ1) is 13.4. The summed E-state index contributed by atoms with van der Waals surface area (Å²) in [6.07, 6.45) is 0.102. The van der Waals surface area contributed by atoms with Gasteiger partial charge in [-0.1, -0.05) is 0 Å². The van der Waals surface area contributed by atoms with E-state index in [1.807, 2.05) is 0 Å². The summed E-state index contributed by atoms with van der Waals surface area (Å²) >= 11 is 0. The fourth-order valence-corrected chi connectivity index (χ4v) is 1.18. The van der Waals surface area contributed by atoms with E-state index in [9.17, 15) is 13.6 Å². The molecule has 6 heteroatoms. The van der Waals surface area contributed by atoms with E-state index >= 15 is 0 Å². The van der Waals surface area contributed by atoms with Gasteiger partial charge in [0.25, 0.3) is 0 Å². The molecule has 0 aliphatic rings. The molecule has 0 saturated heterocycles. The number of nitrogen functional groups attached to an aromatic ring is 1. The fraction of sp³-hybridized carbons (Fsp3) is 0.364. The summed E-state index contributed by atoms with van der Waals surface area (Å²) in [7, 11) is 0. The van der Waals surface area contributed by atoms with Crippen molar-refractivity contribution in [1.29, 1.82) is 0 Å². The van der Waals surface area contributed by atoms with Crippen LogP contribution < -0.4 is 11.1 Å². The summed E-state index contributed by atoms with van der Waals surface area (Å²) in [5.74, 6) is -2.13. The van der Waals surface area contributed by atoms with Crippen LogP contribution >= 0.6 is 0 Å². The molecule has 0 atom stereocenters.